The lowest BCUT2D eigenvalue weighted by atomic mass is 9.95. The molecule has 2 fully saturated rings. The fourth-order valence-electron chi connectivity index (χ4n) is 6.89. The molecule has 5 heterocycles. The number of carbonyl (C=O) groups is 4. The molecule has 4 aromatic rings. The van der Waals surface area contributed by atoms with E-state index in [0.29, 0.717) is 39.0 Å². The summed E-state index contributed by atoms with van der Waals surface area (Å²) in [6.45, 7) is 8.86. The number of nitro groups is 1. The van der Waals surface area contributed by atoms with Crippen molar-refractivity contribution in [2.24, 2.45) is 13.0 Å². The Bertz CT molecular complexity index is 2270. The van der Waals surface area contributed by atoms with Crippen LogP contribution in [0.1, 0.15) is 65.8 Å². The number of aromatic nitrogens is 5. The molecule has 0 spiro atoms. The number of piperazine rings is 1. The predicted molar refractivity (Wildman–Crippen MR) is 203 cm³/mol. The van der Waals surface area contributed by atoms with Gasteiger partial charge in [-0.3, -0.25) is 29.6 Å². The van der Waals surface area contributed by atoms with E-state index in [1.807, 2.05) is 0 Å². The van der Waals surface area contributed by atoms with Gasteiger partial charge in [0.05, 0.1) is 44.4 Å². The van der Waals surface area contributed by atoms with E-state index in [9.17, 15) is 42.5 Å². The van der Waals surface area contributed by atoms with Gasteiger partial charge in [-0.05, 0) is 64.3 Å². The van der Waals surface area contributed by atoms with Crippen LogP contribution in [0.4, 0.5) is 29.3 Å². The molecular weight excluding hydrogens is 789 g/mol. The quantitative estimate of drug-likeness (QED) is 0.166. The molecule has 0 atom stereocenters. The number of aryl methyl sites for hydroxylation is 1. The summed E-state index contributed by atoms with van der Waals surface area (Å²) in [5, 5.41) is 19.7. The lowest BCUT2D eigenvalue weighted by Crippen LogP contribution is -2.53. The molecular formula is C37H40ClF3N10O7. The number of H-pyrrole nitrogens is 1. The zero-order valence-corrected chi connectivity index (χ0v) is 32.9. The van der Waals surface area contributed by atoms with Gasteiger partial charge in [-0.25, -0.2) is 14.8 Å². The summed E-state index contributed by atoms with van der Waals surface area (Å²) in [5.74, 6) is -1.70. The van der Waals surface area contributed by atoms with E-state index < -0.39 is 40.0 Å². The molecule has 0 saturated carbocycles. The van der Waals surface area contributed by atoms with E-state index in [4.69, 9.17) is 16.3 Å². The first-order chi connectivity index (χ1) is 27.2. The van der Waals surface area contributed by atoms with Gasteiger partial charge >= 0.3 is 12.3 Å². The smallest absolute Gasteiger partial charge is 0.435 e. The molecule has 0 bridgehead atoms. The van der Waals surface area contributed by atoms with Crippen LogP contribution < -0.4 is 5.32 Å². The van der Waals surface area contributed by atoms with E-state index >= 15 is 0 Å². The Morgan fingerprint density at radius 2 is 1.62 bits per heavy atom. The molecule has 4 amide bonds. The highest BCUT2D eigenvalue weighted by molar-refractivity contribution is 6.34. The van der Waals surface area contributed by atoms with Gasteiger partial charge in [-0.1, -0.05) is 11.6 Å². The number of nitrogens with one attached hydrogen (secondary N) is 2. The number of halogens is 4. The number of nitrogens with zero attached hydrogens (tertiary/aromatic N) is 8. The van der Waals surface area contributed by atoms with Crippen LogP contribution in [0.5, 0.6) is 0 Å². The Hall–Kier alpha value is -6.05. The number of aromatic amines is 1. The highest BCUT2D eigenvalue weighted by Crippen LogP contribution is 2.42. The van der Waals surface area contributed by atoms with Crippen molar-refractivity contribution in [3.63, 3.8) is 0 Å². The van der Waals surface area contributed by atoms with E-state index in [-0.39, 0.29) is 81.3 Å². The molecule has 1 aromatic carbocycles. The van der Waals surface area contributed by atoms with Gasteiger partial charge in [0.15, 0.2) is 11.5 Å². The van der Waals surface area contributed by atoms with E-state index in [1.54, 1.807) is 35.5 Å². The van der Waals surface area contributed by atoms with Crippen LogP contribution in [0.25, 0.3) is 22.6 Å². The van der Waals surface area contributed by atoms with Crippen molar-refractivity contribution >= 4 is 46.8 Å². The first-order valence-corrected chi connectivity index (χ1v) is 18.6. The van der Waals surface area contributed by atoms with Crippen molar-refractivity contribution in [3.8, 4) is 22.6 Å². The summed E-state index contributed by atoms with van der Waals surface area (Å²) in [4.78, 5) is 76.1. The van der Waals surface area contributed by atoms with Crippen molar-refractivity contribution in [3.05, 3.63) is 74.4 Å². The molecule has 17 nitrogen and oxygen atoms in total. The van der Waals surface area contributed by atoms with Gasteiger partial charge in [0.25, 0.3) is 17.5 Å². The predicted octanol–water partition coefficient (Wildman–Crippen LogP) is 5.94. The summed E-state index contributed by atoms with van der Waals surface area (Å²) in [6, 6.07) is 5.41. The fraction of sp³-hybridized carbons (Fsp3) is 0.432. The summed E-state index contributed by atoms with van der Waals surface area (Å²) < 4.78 is 49.1. The fourth-order valence-corrected chi connectivity index (χ4v) is 7.15. The number of carbonyl (C=O) groups excluding carboxylic acids is 4. The van der Waals surface area contributed by atoms with Gasteiger partial charge in [-0.15, -0.1) is 0 Å². The maximum absolute atomic E-state index is 14.2. The molecule has 21 heteroatoms. The number of hydrogen-bond donors (Lipinski definition) is 2. The lowest BCUT2D eigenvalue weighted by molar-refractivity contribution is -0.385. The van der Waals surface area contributed by atoms with Gasteiger partial charge < -0.3 is 29.3 Å². The number of hydrogen-bond acceptors (Lipinski definition) is 10. The van der Waals surface area contributed by atoms with Gasteiger partial charge in [0.1, 0.15) is 11.8 Å². The zero-order chi connectivity index (χ0) is 42.3. The molecule has 2 saturated heterocycles. The number of likely N-dealkylation sites (tertiary alicyclic amines) is 1. The molecule has 6 rings (SSSR count). The summed E-state index contributed by atoms with van der Waals surface area (Å²) in [7, 11) is 1.33. The maximum atomic E-state index is 14.2. The Labute approximate surface area is 334 Å². The normalized spacial score (nSPS) is 15.4. The van der Waals surface area contributed by atoms with E-state index in [0.717, 1.165) is 23.0 Å². The molecule has 2 aliphatic rings. The molecule has 0 aliphatic carbocycles. The highest BCUT2D eigenvalue weighted by Gasteiger charge is 2.41. The summed E-state index contributed by atoms with van der Waals surface area (Å²) >= 11 is 6.52. The standard InChI is InChI=1S/C37H40ClF3N10O7/c1-20-16-23(51(56)57)18-42-28(20)29-27(30(46-45-29)37(39,40)41)26-19-43-31(47(26)5)32(52)44-22-6-7-24(25(38)17-22)34(54)49-14-12-48(13-15-49)33(53)21-8-10-50(11-9-21)35(55)58-36(2,3)4/h6-7,16-19,21H,8-15H2,1-5H3,(H,44,52)(H,45,46). The number of benzene rings is 1. The first kappa shape index (κ1) is 41.6. The highest BCUT2D eigenvalue weighted by atomic mass is 35.5. The Balaban J connectivity index is 1.09. The van der Waals surface area contributed by atoms with Crippen LogP contribution in [-0.4, -0.2) is 113 Å². The molecule has 0 unspecified atom stereocenters. The van der Waals surface area contributed by atoms with Gasteiger partial charge in [-0.2, -0.15) is 18.3 Å². The number of imidazole rings is 1. The largest absolute Gasteiger partial charge is 0.444 e. The maximum Gasteiger partial charge on any atom is 0.435 e. The van der Waals surface area contributed by atoms with Crippen molar-refractivity contribution in [1.82, 2.24) is 39.4 Å². The van der Waals surface area contributed by atoms with Crippen LogP contribution in [-0.2, 0) is 22.8 Å². The van der Waals surface area contributed by atoms with Crippen molar-refractivity contribution in [1.29, 1.82) is 0 Å². The average Bonchev–Trinajstić information content (AvgIpc) is 3.77. The van der Waals surface area contributed by atoms with Crippen LogP contribution in [0.15, 0.2) is 36.7 Å². The van der Waals surface area contributed by atoms with Crippen molar-refractivity contribution in [2.45, 2.75) is 52.3 Å². The minimum atomic E-state index is -4.93. The summed E-state index contributed by atoms with van der Waals surface area (Å²) in [6.07, 6.45) is -2.32. The number of ether oxygens (including phenoxy) is 1. The minimum absolute atomic E-state index is 0.0171. The topological polar surface area (TPSA) is 202 Å². The number of alkyl halides is 3. The molecule has 3 aromatic heterocycles. The SMILES string of the molecule is Cc1cc([N+](=O)[O-])cnc1-c1[nH]nc(C(F)(F)F)c1-c1cnc(C(=O)Nc2ccc(C(=O)N3CCN(C(=O)C4CCN(C(=O)OC(C)(C)C)CC4)CC3)c(Cl)c2)n1C. The molecule has 2 N–H and O–H groups in total. The lowest BCUT2D eigenvalue weighted by Gasteiger charge is -2.38. The Kier molecular flexibility index (Phi) is 11.5. The number of amides is 4. The Morgan fingerprint density at radius 1 is 0.966 bits per heavy atom. The zero-order valence-electron chi connectivity index (χ0n) is 32.1. The van der Waals surface area contributed by atoms with Crippen LogP contribution in [0.2, 0.25) is 5.02 Å². The van der Waals surface area contributed by atoms with Crippen LogP contribution >= 0.6 is 11.6 Å². The molecule has 308 valence electrons. The van der Waals surface area contributed by atoms with E-state index in [1.165, 1.54) is 32.2 Å². The second kappa shape index (κ2) is 16.1. The third kappa shape index (κ3) is 8.75. The third-order valence-corrected chi connectivity index (χ3v) is 10.1. The number of anilines is 1. The van der Waals surface area contributed by atoms with Crippen LogP contribution in [0, 0.1) is 23.0 Å². The Morgan fingerprint density at radius 3 is 2.21 bits per heavy atom. The summed E-state index contributed by atoms with van der Waals surface area (Å²) in [5.41, 5.74) is -2.56. The molecule has 0 radical (unpaired) electrons. The second-order valence-corrected chi connectivity index (χ2v) is 15.4. The molecule has 58 heavy (non-hydrogen) atoms. The van der Waals surface area contributed by atoms with E-state index in [2.05, 4.69) is 25.5 Å². The third-order valence-electron chi connectivity index (χ3n) is 9.83. The number of piperidine rings is 1. The number of rotatable bonds is 7. The average molecular weight is 829 g/mol. The second-order valence-electron chi connectivity index (χ2n) is 15.0. The van der Waals surface area contributed by atoms with Crippen molar-refractivity contribution in [2.75, 3.05) is 44.6 Å². The monoisotopic (exact) mass is 828 g/mol. The van der Waals surface area contributed by atoms with Gasteiger partial charge in [0.2, 0.25) is 5.91 Å². The molecule has 2 aliphatic heterocycles. The first-order valence-electron chi connectivity index (χ1n) is 18.2. The van der Waals surface area contributed by atoms with Gasteiger partial charge in [0, 0.05) is 64.0 Å². The number of pyridine rings is 1. The van der Waals surface area contributed by atoms with Crippen LogP contribution in [0.3, 0.4) is 0 Å². The van der Waals surface area contributed by atoms with Crippen molar-refractivity contribution < 1.29 is 42.0 Å². The minimum Gasteiger partial charge on any atom is -0.444 e.